The first-order chi connectivity index (χ1) is 19.4. The van der Waals surface area contributed by atoms with Crippen LogP contribution in [0.3, 0.4) is 0 Å². The van der Waals surface area contributed by atoms with Crippen molar-refractivity contribution in [2.24, 2.45) is 0 Å². The van der Waals surface area contributed by atoms with Crippen LogP contribution in [0.5, 0.6) is 11.5 Å². The molecule has 40 heavy (non-hydrogen) atoms. The van der Waals surface area contributed by atoms with E-state index < -0.39 is 24.1 Å². The SMILES string of the molecule is COC(=O)c1ccc(NC(=O)Nc2ccc(OC(c3ccccc3)c3ccccc3)c(C(=O)OC)c2)c(OC)c1. The van der Waals surface area contributed by atoms with Crippen molar-refractivity contribution in [1.82, 2.24) is 0 Å². The Bertz CT molecular complexity index is 1450. The van der Waals surface area contributed by atoms with E-state index >= 15 is 0 Å². The number of carbonyl (C=O) groups excluding carboxylic acids is 3. The summed E-state index contributed by atoms with van der Waals surface area (Å²) in [6.45, 7) is 0. The van der Waals surface area contributed by atoms with Crippen molar-refractivity contribution in [2.45, 2.75) is 6.10 Å². The van der Waals surface area contributed by atoms with E-state index in [2.05, 4.69) is 10.6 Å². The van der Waals surface area contributed by atoms with Crippen LogP contribution in [0, 0.1) is 0 Å². The lowest BCUT2D eigenvalue weighted by Gasteiger charge is -2.22. The Hall–Kier alpha value is -5.31. The Morgan fingerprint density at radius 1 is 0.650 bits per heavy atom. The normalized spacial score (nSPS) is 10.4. The maximum Gasteiger partial charge on any atom is 0.341 e. The second-order valence-corrected chi connectivity index (χ2v) is 8.51. The maximum atomic E-state index is 12.8. The van der Waals surface area contributed by atoms with Gasteiger partial charge >= 0.3 is 18.0 Å². The number of ether oxygens (including phenoxy) is 4. The molecule has 0 saturated carbocycles. The predicted octanol–water partition coefficient (Wildman–Crippen LogP) is 6.08. The molecule has 4 rings (SSSR count). The number of anilines is 2. The smallest absolute Gasteiger partial charge is 0.341 e. The number of nitrogens with one attached hydrogen (secondary N) is 2. The highest BCUT2D eigenvalue weighted by Crippen LogP contribution is 2.33. The molecule has 0 aliphatic heterocycles. The molecule has 0 radical (unpaired) electrons. The summed E-state index contributed by atoms with van der Waals surface area (Å²) in [6, 6.07) is 27.9. The Kier molecular flexibility index (Phi) is 8.99. The first-order valence-electron chi connectivity index (χ1n) is 12.3. The summed E-state index contributed by atoms with van der Waals surface area (Å²) in [4.78, 5) is 37.3. The number of esters is 2. The molecule has 2 N–H and O–H groups in total. The summed E-state index contributed by atoms with van der Waals surface area (Å²) in [5, 5.41) is 5.36. The standard InChI is InChI=1S/C31H28N2O7/c1-37-27-18-22(29(34)38-2)14-16-25(27)33-31(36)32-23-15-17-26(24(19-23)30(35)39-3)40-28(20-10-6-4-7-11-20)21-12-8-5-9-13-21/h4-19,28H,1-3H3,(H2,32,33,36). The van der Waals surface area contributed by atoms with Gasteiger partial charge < -0.3 is 29.6 Å². The third-order valence-corrected chi connectivity index (χ3v) is 5.96. The quantitative estimate of drug-likeness (QED) is 0.247. The highest BCUT2D eigenvalue weighted by atomic mass is 16.5. The molecule has 204 valence electrons. The Morgan fingerprint density at radius 2 is 1.27 bits per heavy atom. The topological polar surface area (TPSA) is 112 Å². The molecule has 9 nitrogen and oxygen atoms in total. The number of carbonyl (C=O) groups is 3. The van der Waals surface area contributed by atoms with Crippen molar-refractivity contribution in [2.75, 3.05) is 32.0 Å². The average Bonchev–Trinajstić information content (AvgIpc) is 3.00. The lowest BCUT2D eigenvalue weighted by molar-refractivity contribution is 0.0587. The summed E-state index contributed by atoms with van der Waals surface area (Å²) in [7, 11) is 3.96. The van der Waals surface area contributed by atoms with Crippen LogP contribution in [-0.4, -0.2) is 39.3 Å². The molecule has 0 unspecified atom stereocenters. The first kappa shape index (κ1) is 27.7. The maximum absolute atomic E-state index is 12.8. The molecule has 0 fully saturated rings. The fraction of sp³-hybridized carbons (Fsp3) is 0.129. The molecule has 0 atom stereocenters. The molecule has 0 aliphatic carbocycles. The molecule has 0 aliphatic rings. The van der Waals surface area contributed by atoms with Crippen molar-refractivity contribution in [3.8, 4) is 11.5 Å². The number of benzene rings is 4. The first-order valence-corrected chi connectivity index (χ1v) is 12.3. The summed E-state index contributed by atoms with van der Waals surface area (Å²) >= 11 is 0. The Labute approximate surface area is 231 Å². The van der Waals surface area contributed by atoms with E-state index in [1.807, 2.05) is 60.7 Å². The molecule has 9 heteroatoms. The monoisotopic (exact) mass is 540 g/mol. The lowest BCUT2D eigenvalue weighted by atomic mass is 10.0. The van der Waals surface area contributed by atoms with Gasteiger partial charge in [-0.1, -0.05) is 60.7 Å². The van der Waals surface area contributed by atoms with Crippen molar-refractivity contribution in [3.63, 3.8) is 0 Å². The molecule has 0 bridgehead atoms. The zero-order valence-corrected chi connectivity index (χ0v) is 22.2. The average molecular weight is 541 g/mol. The molecular weight excluding hydrogens is 512 g/mol. The van der Waals surface area contributed by atoms with Crippen LogP contribution in [0.15, 0.2) is 97.1 Å². The molecule has 0 aromatic heterocycles. The molecular formula is C31H28N2O7. The summed E-state index contributed by atoms with van der Waals surface area (Å²) < 4.78 is 21.4. The fourth-order valence-electron chi connectivity index (χ4n) is 4.02. The fourth-order valence-corrected chi connectivity index (χ4v) is 4.02. The minimum atomic E-state index is -0.626. The van der Waals surface area contributed by atoms with E-state index in [0.717, 1.165) is 11.1 Å². The minimum Gasteiger partial charge on any atom is -0.495 e. The molecule has 0 heterocycles. The van der Waals surface area contributed by atoms with Gasteiger partial charge in [0.1, 0.15) is 23.2 Å². The molecule has 0 spiro atoms. The summed E-state index contributed by atoms with van der Waals surface area (Å²) in [6.07, 6.45) is -0.492. The number of rotatable bonds is 9. The highest BCUT2D eigenvalue weighted by Gasteiger charge is 2.22. The van der Waals surface area contributed by atoms with Gasteiger partial charge in [0.15, 0.2) is 0 Å². The highest BCUT2D eigenvalue weighted by molar-refractivity contribution is 6.02. The lowest BCUT2D eigenvalue weighted by Crippen LogP contribution is -2.20. The van der Waals surface area contributed by atoms with Gasteiger partial charge in [-0.2, -0.15) is 0 Å². The second-order valence-electron chi connectivity index (χ2n) is 8.51. The molecule has 4 aromatic rings. The van der Waals surface area contributed by atoms with Gasteiger partial charge in [-0.3, -0.25) is 0 Å². The van der Waals surface area contributed by atoms with Crippen molar-refractivity contribution < 1.29 is 33.3 Å². The largest absolute Gasteiger partial charge is 0.495 e. The van der Waals surface area contributed by atoms with Crippen LogP contribution >= 0.6 is 0 Å². The third-order valence-electron chi connectivity index (χ3n) is 5.96. The summed E-state index contributed by atoms with van der Waals surface area (Å²) in [5.74, 6) is -0.604. The molecule has 0 saturated heterocycles. The van der Waals surface area contributed by atoms with Gasteiger partial charge in [0.05, 0.1) is 32.6 Å². The minimum absolute atomic E-state index is 0.136. The van der Waals surface area contributed by atoms with E-state index in [4.69, 9.17) is 18.9 Å². The van der Waals surface area contributed by atoms with E-state index in [1.54, 1.807) is 12.1 Å². The van der Waals surface area contributed by atoms with Gasteiger partial charge in [0.25, 0.3) is 0 Å². The zero-order chi connectivity index (χ0) is 28.5. The Morgan fingerprint density at radius 3 is 1.85 bits per heavy atom. The van der Waals surface area contributed by atoms with Crippen LogP contribution in [0.1, 0.15) is 37.9 Å². The van der Waals surface area contributed by atoms with Crippen LogP contribution < -0.4 is 20.1 Å². The summed E-state index contributed by atoms with van der Waals surface area (Å²) in [5.41, 5.74) is 2.86. The van der Waals surface area contributed by atoms with Gasteiger partial charge in [-0.25, -0.2) is 14.4 Å². The number of hydrogen-bond acceptors (Lipinski definition) is 7. The van der Waals surface area contributed by atoms with Crippen molar-refractivity contribution >= 4 is 29.3 Å². The van der Waals surface area contributed by atoms with E-state index in [0.29, 0.717) is 11.4 Å². The van der Waals surface area contributed by atoms with Gasteiger partial charge in [-0.15, -0.1) is 0 Å². The molecule has 2 amide bonds. The van der Waals surface area contributed by atoms with Crippen molar-refractivity contribution in [3.05, 3.63) is 119 Å². The van der Waals surface area contributed by atoms with Crippen LogP contribution in [0.4, 0.5) is 16.2 Å². The number of hydrogen-bond donors (Lipinski definition) is 2. The van der Waals surface area contributed by atoms with Gasteiger partial charge in [0, 0.05) is 5.69 Å². The van der Waals surface area contributed by atoms with Crippen LogP contribution in [0.25, 0.3) is 0 Å². The number of urea groups is 1. The van der Waals surface area contributed by atoms with Gasteiger partial charge in [-0.05, 0) is 47.5 Å². The van der Waals surface area contributed by atoms with Crippen LogP contribution in [-0.2, 0) is 9.47 Å². The second kappa shape index (κ2) is 13.0. The van der Waals surface area contributed by atoms with E-state index in [-0.39, 0.29) is 22.6 Å². The Balaban J connectivity index is 1.58. The van der Waals surface area contributed by atoms with E-state index in [1.165, 1.54) is 45.6 Å². The molecule has 4 aromatic carbocycles. The van der Waals surface area contributed by atoms with Crippen LogP contribution in [0.2, 0.25) is 0 Å². The van der Waals surface area contributed by atoms with E-state index in [9.17, 15) is 14.4 Å². The number of methoxy groups -OCH3 is 3. The van der Waals surface area contributed by atoms with Crippen molar-refractivity contribution in [1.29, 1.82) is 0 Å². The zero-order valence-electron chi connectivity index (χ0n) is 22.2. The number of amides is 2. The third kappa shape index (κ3) is 6.57. The predicted molar refractivity (Wildman–Crippen MR) is 150 cm³/mol. The van der Waals surface area contributed by atoms with Gasteiger partial charge in [0.2, 0.25) is 0 Å².